The number of carbonyl (C=O) groups is 1. The lowest BCUT2D eigenvalue weighted by molar-refractivity contribution is -0.192. The van der Waals surface area contributed by atoms with Gasteiger partial charge in [0.05, 0.1) is 20.0 Å². The van der Waals surface area contributed by atoms with Crippen molar-refractivity contribution in [3.8, 4) is 11.5 Å². The van der Waals surface area contributed by atoms with Gasteiger partial charge in [-0.25, -0.2) is 21.6 Å². The molecule has 0 saturated carbocycles. The fourth-order valence-electron chi connectivity index (χ4n) is 3.64. The molecule has 0 aromatic heterocycles. The van der Waals surface area contributed by atoms with Gasteiger partial charge < -0.3 is 19.9 Å². The average molecular weight is 612 g/mol. The number of ether oxygens (including phenoxy) is 2. The molecular weight excluding hydrogens is 579 g/mol. The second-order valence-electron chi connectivity index (χ2n) is 8.42. The van der Waals surface area contributed by atoms with Gasteiger partial charge in [0, 0.05) is 45.3 Å². The summed E-state index contributed by atoms with van der Waals surface area (Å²) < 4.78 is 98.0. The summed E-state index contributed by atoms with van der Waals surface area (Å²) in [7, 11) is -4.83. The Morgan fingerprint density at radius 2 is 1.60 bits per heavy atom. The van der Waals surface area contributed by atoms with Crippen LogP contribution in [0.2, 0.25) is 0 Å². The minimum absolute atomic E-state index is 0.0583. The molecule has 1 aliphatic heterocycles. The normalized spacial score (nSPS) is 14.8. The number of nitrogens with one attached hydrogen (secondary N) is 1. The van der Waals surface area contributed by atoms with Gasteiger partial charge in [-0.15, -0.1) is 0 Å². The first-order chi connectivity index (χ1) is 18.7. The second-order valence-corrected chi connectivity index (χ2v) is 12.4. The Morgan fingerprint density at radius 3 is 2.12 bits per heavy atom. The van der Waals surface area contributed by atoms with Crippen LogP contribution in [0.1, 0.15) is 5.56 Å². The van der Waals surface area contributed by atoms with Gasteiger partial charge in [0.2, 0.25) is 20.0 Å². The molecule has 1 fully saturated rings. The molecule has 16 heteroatoms. The topological polar surface area (TPSA) is 143 Å². The Labute approximate surface area is 231 Å². The van der Waals surface area contributed by atoms with Crippen LogP contribution < -0.4 is 14.8 Å². The first-order valence-electron chi connectivity index (χ1n) is 12.0. The molecule has 40 heavy (non-hydrogen) atoms. The van der Waals surface area contributed by atoms with Crippen molar-refractivity contribution >= 4 is 26.0 Å². The summed E-state index contributed by atoms with van der Waals surface area (Å²) in [6.45, 7) is 1.88. The predicted octanol–water partition coefficient (Wildman–Crippen LogP) is 1.81. The summed E-state index contributed by atoms with van der Waals surface area (Å²) in [5.74, 6) is -2.52. The number of sulfonamides is 2. The monoisotopic (exact) mass is 611 g/mol. The number of piperazine rings is 1. The van der Waals surface area contributed by atoms with Gasteiger partial charge >= 0.3 is 12.1 Å². The van der Waals surface area contributed by atoms with Gasteiger partial charge in [-0.1, -0.05) is 30.3 Å². The van der Waals surface area contributed by atoms with E-state index in [2.05, 4.69) is 5.32 Å². The molecule has 0 bridgehead atoms. The molecule has 0 spiro atoms. The molecule has 0 atom stereocenters. The van der Waals surface area contributed by atoms with Gasteiger partial charge in [-0.05, 0) is 24.1 Å². The third-order valence-corrected chi connectivity index (χ3v) is 9.56. The van der Waals surface area contributed by atoms with Crippen LogP contribution >= 0.6 is 0 Å². The van der Waals surface area contributed by atoms with Gasteiger partial charge in [0.15, 0.2) is 0 Å². The number of carboxylic acid groups (broad SMARTS) is 1. The highest BCUT2D eigenvalue weighted by atomic mass is 32.2. The average Bonchev–Trinajstić information content (AvgIpc) is 2.93. The first-order valence-corrected chi connectivity index (χ1v) is 15.0. The van der Waals surface area contributed by atoms with Gasteiger partial charge in [0.25, 0.3) is 0 Å². The van der Waals surface area contributed by atoms with Crippen molar-refractivity contribution in [3.63, 3.8) is 0 Å². The maximum atomic E-state index is 13.7. The van der Waals surface area contributed by atoms with Crippen LogP contribution in [-0.4, -0.2) is 102 Å². The fraction of sp³-hybridized carbons (Fsp3) is 0.458. The SMILES string of the molecule is COc1ccc(OC)c(S(=O)(=O)N(CCc2ccccc2)CCS(=O)(=O)N2CCNCC2)c1.O=C(O)C(F)(F)F. The van der Waals surface area contributed by atoms with E-state index in [-0.39, 0.29) is 29.5 Å². The molecule has 0 amide bonds. The Bertz CT molecular complexity index is 1320. The highest BCUT2D eigenvalue weighted by Gasteiger charge is 2.38. The van der Waals surface area contributed by atoms with Crippen LogP contribution in [0.4, 0.5) is 13.2 Å². The second kappa shape index (κ2) is 14.6. The lowest BCUT2D eigenvalue weighted by Crippen LogP contribution is -2.48. The van der Waals surface area contributed by atoms with Crippen molar-refractivity contribution in [1.29, 1.82) is 0 Å². The van der Waals surface area contributed by atoms with E-state index in [0.29, 0.717) is 38.3 Å². The minimum atomic E-state index is -5.08. The molecule has 1 saturated heterocycles. The molecule has 1 aliphatic rings. The number of halogens is 3. The highest BCUT2D eigenvalue weighted by molar-refractivity contribution is 7.90. The smallest absolute Gasteiger partial charge is 0.490 e. The molecule has 2 aromatic carbocycles. The largest absolute Gasteiger partial charge is 0.497 e. The first kappa shape index (κ1) is 33.3. The summed E-state index contributed by atoms with van der Waals surface area (Å²) >= 11 is 0. The van der Waals surface area contributed by atoms with Crippen LogP contribution in [0, 0.1) is 0 Å². The van der Waals surface area contributed by atoms with Crippen molar-refractivity contribution in [3.05, 3.63) is 54.1 Å². The van der Waals surface area contributed by atoms with E-state index in [1.807, 2.05) is 30.3 Å². The molecule has 11 nitrogen and oxygen atoms in total. The molecule has 0 aliphatic carbocycles. The maximum absolute atomic E-state index is 13.7. The Hall–Kier alpha value is -2.92. The zero-order valence-corrected chi connectivity index (χ0v) is 23.6. The van der Waals surface area contributed by atoms with E-state index in [9.17, 15) is 30.0 Å². The van der Waals surface area contributed by atoms with Crippen molar-refractivity contribution in [2.45, 2.75) is 17.5 Å². The molecule has 224 valence electrons. The van der Waals surface area contributed by atoms with Crippen molar-refractivity contribution in [2.75, 3.05) is 59.2 Å². The van der Waals surface area contributed by atoms with Gasteiger partial charge in [-0.2, -0.15) is 21.8 Å². The number of alkyl halides is 3. The summed E-state index contributed by atoms with van der Waals surface area (Å²) in [4.78, 5) is 8.84. The van der Waals surface area contributed by atoms with Crippen LogP contribution in [-0.2, 0) is 31.3 Å². The van der Waals surface area contributed by atoms with E-state index in [4.69, 9.17) is 19.4 Å². The Kier molecular flexibility index (Phi) is 12.2. The van der Waals surface area contributed by atoms with Crippen LogP contribution in [0.15, 0.2) is 53.4 Å². The number of methoxy groups -OCH3 is 2. The summed E-state index contributed by atoms with van der Waals surface area (Å²) in [5, 5.41) is 10.2. The van der Waals surface area contributed by atoms with Crippen LogP contribution in [0.5, 0.6) is 11.5 Å². The minimum Gasteiger partial charge on any atom is -0.497 e. The number of nitrogens with zero attached hydrogens (tertiary/aromatic N) is 2. The van der Waals surface area contributed by atoms with Crippen LogP contribution in [0.25, 0.3) is 0 Å². The lowest BCUT2D eigenvalue weighted by atomic mass is 10.1. The summed E-state index contributed by atoms with van der Waals surface area (Å²) in [6.07, 6.45) is -4.64. The van der Waals surface area contributed by atoms with E-state index in [0.717, 1.165) is 5.56 Å². The van der Waals surface area contributed by atoms with E-state index >= 15 is 0 Å². The molecule has 3 rings (SSSR count). The number of carboxylic acids is 1. The lowest BCUT2D eigenvalue weighted by Gasteiger charge is -2.28. The molecule has 0 unspecified atom stereocenters. The zero-order chi connectivity index (χ0) is 30.0. The quantitative estimate of drug-likeness (QED) is 0.389. The van der Waals surface area contributed by atoms with Crippen molar-refractivity contribution < 1.29 is 49.4 Å². The number of benzene rings is 2. The molecular formula is C24H32F3N3O8S2. The Morgan fingerprint density at radius 1 is 1.00 bits per heavy atom. The maximum Gasteiger partial charge on any atom is 0.490 e. The number of hydrogen-bond acceptors (Lipinski definition) is 8. The predicted molar refractivity (Wildman–Crippen MR) is 140 cm³/mol. The van der Waals surface area contributed by atoms with E-state index in [1.165, 1.54) is 35.0 Å². The van der Waals surface area contributed by atoms with Crippen molar-refractivity contribution in [2.24, 2.45) is 0 Å². The molecule has 1 heterocycles. The summed E-state index contributed by atoms with van der Waals surface area (Å²) in [6, 6.07) is 14.0. The van der Waals surface area contributed by atoms with Crippen molar-refractivity contribution in [1.82, 2.24) is 13.9 Å². The van der Waals surface area contributed by atoms with E-state index in [1.54, 1.807) is 6.07 Å². The highest BCUT2D eigenvalue weighted by Crippen LogP contribution is 2.31. The Balaban J connectivity index is 0.000000708. The van der Waals surface area contributed by atoms with Gasteiger partial charge in [0.1, 0.15) is 16.4 Å². The third-order valence-electron chi connectivity index (χ3n) is 5.79. The number of hydrogen-bond donors (Lipinski definition) is 2. The molecule has 2 N–H and O–H groups in total. The summed E-state index contributed by atoms with van der Waals surface area (Å²) in [5.41, 5.74) is 0.959. The standard InChI is InChI=1S/C22H31N3O6S2.C2HF3O2/c1-30-20-8-9-21(31-2)22(18-20)33(28,29)25(13-10-19-6-4-3-5-7-19)16-17-32(26,27)24-14-11-23-12-15-24;3-2(4,5)1(6)7/h3-9,18,23H,10-17H2,1-2H3;(H,6,7). The van der Waals surface area contributed by atoms with Crippen LogP contribution in [0.3, 0.4) is 0 Å². The fourth-order valence-corrected chi connectivity index (χ4v) is 6.82. The molecule has 0 radical (unpaired) electrons. The number of aliphatic carboxylic acids is 1. The van der Waals surface area contributed by atoms with Gasteiger partial charge in [-0.3, -0.25) is 0 Å². The number of rotatable bonds is 11. The zero-order valence-electron chi connectivity index (χ0n) is 21.9. The molecule has 2 aromatic rings. The third kappa shape index (κ3) is 9.62. The van der Waals surface area contributed by atoms with E-state index < -0.39 is 32.2 Å².